The van der Waals surface area contributed by atoms with Crippen molar-refractivity contribution in [3.8, 4) is 11.3 Å². The lowest BCUT2D eigenvalue weighted by molar-refractivity contribution is -0.125. The van der Waals surface area contributed by atoms with Gasteiger partial charge in [-0.15, -0.1) is 0 Å². The van der Waals surface area contributed by atoms with E-state index in [0.717, 1.165) is 33.5 Å². The molecule has 2 aromatic carbocycles. The molecule has 1 N–H and O–H groups in total. The Bertz CT molecular complexity index is 1340. The monoisotopic (exact) mass is 537 g/mol. The van der Waals surface area contributed by atoms with Crippen LogP contribution < -0.4 is 5.32 Å². The third kappa shape index (κ3) is 5.48. The first-order valence-electron chi connectivity index (χ1n) is 11.0. The Labute approximate surface area is 212 Å². The van der Waals surface area contributed by atoms with E-state index in [1.54, 1.807) is 15.6 Å². The van der Waals surface area contributed by atoms with Gasteiger partial charge in [0, 0.05) is 42.4 Å². The van der Waals surface area contributed by atoms with Gasteiger partial charge in [0.15, 0.2) is 5.65 Å². The number of hydrogen-bond acceptors (Lipinski definition) is 4. The Balaban J connectivity index is 1.42. The molecule has 0 unspecified atom stereocenters. The van der Waals surface area contributed by atoms with Gasteiger partial charge < -0.3 is 10.2 Å². The van der Waals surface area contributed by atoms with E-state index < -0.39 is 0 Å². The number of likely N-dealkylation sites (N-methyl/N-ethyl adjacent to an activating group) is 1. The van der Waals surface area contributed by atoms with Gasteiger partial charge in [-0.2, -0.15) is 9.61 Å². The lowest BCUT2D eigenvalue weighted by Gasteiger charge is -2.18. The van der Waals surface area contributed by atoms with Crippen LogP contribution in [0.4, 0.5) is 5.82 Å². The van der Waals surface area contributed by atoms with E-state index >= 15 is 0 Å². The summed E-state index contributed by atoms with van der Waals surface area (Å²) < 4.78 is 2.56. The van der Waals surface area contributed by atoms with Crippen LogP contribution in [0.25, 0.3) is 23.0 Å². The lowest BCUT2D eigenvalue weighted by Crippen LogP contribution is -2.29. The van der Waals surface area contributed by atoms with Crippen molar-refractivity contribution in [2.75, 3.05) is 25.5 Å². The average Bonchev–Trinajstić information content (AvgIpc) is 3.22. The summed E-state index contributed by atoms with van der Waals surface area (Å²) in [4.78, 5) is 19.2. The number of anilines is 1. The normalized spacial score (nSPS) is 11.6. The zero-order valence-corrected chi connectivity index (χ0v) is 21.3. The van der Waals surface area contributed by atoms with Gasteiger partial charge in [0.2, 0.25) is 5.91 Å². The molecule has 0 bridgehead atoms. The van der Waals surface area contributed by atoms with Gasteiger partial charge in [-0.1, -0.05) is 60.1 Å². The minimum absolute atomic E-state index is 0.0205. The fourth-order valence-corrected chi connectivity index (χ4v) is 4.25. The molecule has 0 saturated carbocycles. The van der Waals surface area contributed by atoms with E-state index in [1.165, 1.54) is 0 Å². The van der Waals surface area contributed by atoms with E-state index in [9.17, 15) is 4.79 Å². The number of nitrogens with one attached hydrogen (secondary N) is 1. The fraction of sp³-hybridized carbons (Fsp3) is 0.192. The minimum atomic E-state index is 0.0205. The Hall–Kier alpha value is -3.16. The highest BCUT2D eigenvalue weighted by Gasteiger charge is 2.14. The molecule has 4 aromatic rings. The number of hydrogen-bond donors (Lipinski definition) is 1. The van der Waals surface area contributed by atoms with Crippen molar-refractivity contribution >= 4 is 51.0 Å². The molecule has 0 aliphatic rings. The Morgan fingerprint density at radius 1 is 1.18 bits per heavy atom. The molecule has 0 aliphatic heterocycles. The molecule has 2 heterocycles. The van der Waals surface area contributed by atoms with E-state index in [1.807, 2.05) is 80.7 Å². The number of aromatic nitrogens is 3. The standard InChI is InChI=1S/C26H25BrClN5O/c1-18(15-19-9-4-3-5-10-19)26(34)32(2)14-8-13-29-24-16-23(20-11-6-7-12-22(20)28)31-25-21(27)17-30-33(24)25/h3-7,9-12,15-17,29H,8,13-14H2,1-2H3/b18-15+. The highest BCUT2D eigenvalue weighted by Crippen LogP contribution is 2.30. The smallest absolute Gasteiger partial charge is 0.249 e. The van der Waals surface area contributed by atoms with Crippen LogP contribution in [-0.2, 0) is 4.79 Å². The highest BCUT2D eigenvalue weighted by molar-refractivity contribution is 9.10. The molecule has 8 heteroatoms. The van der Waals surface area contributed by atoms with Gasteiger partial charge in [-0.05, 0) is 47.0 Å². The summed E-state index contributed by atoms with van der Waals surface area (Å²) in [5, 5.41) is 8.50. The van der Waals surface area contributed by atoms with Gasteiger partial charge in [0.05, 0.1) is 16.4 Å². The number of benzene rings is 2. The third-order valence-corrected chi connectivity index (χ3v) is 6.31. The summed E-state index contributed by atoms with van der Waals surface area (Å²) in [5.41, 5.74) is 4.05. The van der Waals surface area contributed by atoms with Crippen molar-refractivity contribution in [3.63, 3.8) is 0 Å². The molecule has 4 rings (SSSR count). The van der Waals surface area contributed by atoms with Gasteiger partial charge >= 0.3 is 0 Å². The largest absolute Gasteiger partial charge is 0.370 e. The van der Waals surface area contributed by atoms with Crippen molar-refractivity contribution in [1.29, 1.82) is 0 Å². The maximum atomic E-state index is 12.7. The van der Waals surface area contributed by atoms with Crippen LogP contribution in [0.5, 0.6) is 0 Å². The number of halogens is 2. The van der Waals surface area contributed by atoms with Gasteiger partial charge in [0.25, 0.3) is 0 Å². The highest BCUT2D eigenvalue weighted by atomic mass is 79.9. The van der Waals surface area contributed by atoms with E-state index in [2.05, 4.69) is 26.3 Å². The maximum Gasteiger partial charge on any atom is 0.249 e. The average molecular weight is 539 g/mol. The summed E-state index contributed by atoms with van der Waals surface area (Å²) >= 11 is 9.93. The summed E-state index contributed by atoms with van der Waals surface area (Å²) in [7, 11) is 1.83. The SMILES string of the molecule is C/C(=C\c1ccccc1)C(=O)N(C)CCCNc1cc(-c2ccccc2Cl)nc2c(Br)cnn12. The van der Waals surface area contributed by atoms with Crippen LogP contribution in [0.3, 0.4) is 0 Å². The molecule has 0 aliphatic carbocycles. The quantitative estimate of drug-likeness (QED) is 0.215. The van der Waals surface area contributed by atoms with Crippen LogP contribution in [-0.4, -0.2) is 45.5 Å². The van der Waals surface area contributed by atoms with E-state index in [0.29, 0.717) is 29.3 Å². The fourth-order valence-electron chi connectivity index (χ4n) is 3.67. The van der Waals surface area contributed by atoms with Crippen molar-refractivity contribution < 1.29 is 4.79 Å². The number of carbonyl (C=O) groups is 1. The topological polar surface area (TPSA) is 62.5 Å². The molecule has 6 nitrogen and oxygen atoms in total. The zero-order valence-electron chi connectivity index (χ0n) is 19.0. The molecule has 1 amide bonds. The molecule has 174 valence electrons. The summed E-state index contributed by atoms with van der Waals surface area (Å²) in [5.74, 6) is 0.826. The second kappa shape index (κ2) is 10.8. The van der Waals surface area contributed by atoms with E-state index in [-0.39, 0.29) is 5.91 Å². The molecule has 34 heavy (non-hydrogen) atoms. The first-order chi connectivity index (χ1) is 16.4. The van der Waals surface area contributed by atoms with Crippen LogP contribution in [0.1, 0.15) is 18.9 Å². The van der Waals surface area contributed by atoms with Gasteiger partial charge in [-0.3, -0.25) is 4.79 Å². The van der Waals surface area contributed by atoms with Gasteiger partial charge in [0.1, 0.15) is 5.82 Å². The summed E-state index contributed by atoms with van der Waals surface area (Å²) in [6.45, 7) is 3.14. The molecule has 0 atom stereocenters. The molecule has 2 aromatic heterocycles. The van der Waals surface area contributed by atoms with Gasteiger partial charge in [-0.25, -0.2) is 4.98 Å². The Morgan fingerprint density at radius 3 is 2.68 bits per heavy atom. The number of carbonyl (C=O) groups excluding carboxylic acids is 1. The third-order valence-electron chi connectivity index (χ3n) is 5.42. The minimum Gasteiger partial charge on any atom is -0.370 e. The van der Waals surface area contributed by atoms with Crippen LogP contribution >= 0.6 is 27.5 Å². The summed E-state index contributed by atoms with van der Waals surface area (Å²) in [6, 6.07) is 19.4. The Morgan fingerprint density at radius 2 is 1.91 bits per heavy atom. The zero-order chi connectivity index (χ0) is 24.1. The first-order valence-corrected chi connectivity index (χ1v) is 12.1. The molecular weight excluding hydrogens is 514 g/mol. The predicted octanol–water partition coefficient (Wildman–Crippen LogP) is 6.18. The van der Waals surface area contributed by atoms with Crippen molar-refractivity contribution in [2.24, 2.45) is 0 Å². The second-order valence-electron chi connectivity index (χ2n) is 7.98. The molecule has 0 radical (unpaired) electrons. The second-order valence-corrected chi connectivity index (χ2v) is 9.24. The summed E-state index contributed by atoms with van der Waals surface area (Å²) in [6.07, 6.45) is 4.41. The van der Waals surface area contributed by atoms with Crippen LogP contribution in [0, 0.1) is 0 Å². The Kier molecular flexibility index (Phi) is 7.65. The lowest BCUT2D eigenvalue weighted by atomic mass is 10.1. The number of nitrogens with zero attached hydrogens (tertiary/aromatic N) is 4. The number of amides is 1. The number of rotatable bonds is 8. The maximum absolute atomic E-state index is 12.7. The molecule has 0 spiro atoms. The van der Waals surface area contributed by atoms with Crippen molar-refractivity contribution in [3.05, 3.63) is 87.5 Å². The molecular formula is C26H25BrClN5O. The van der Waals surface area contributed by atoms with Crippen molar-refractivity contribution in [2.45, 2.75) is 13.3 Å². The van der Waals surface area contributed by atoms with Crippen LogP contribution in [0.15, 0.2) is 76.9 Å². The molecule has 0 saturated heterocycles. The number of fused-ring (bicyclic) bond motifs is 1. The predicted molar refractivity (Wildman–Crippen MR) is 142 cm³/mol. The van der Waals surface area contributed by atoms with Crippen molar-refractivity contribution in [1.82, 2.24) is 19.5 Å². The molecule has 0 fully saturated rings. The van der Waals surface area contributed by atoms with Crippen LogP contribution in [0.2, 0.25) is 5.02 Å². The van der Waals surface area contributed by atoms with E-state index in [4.69, 9.17) is 16.6 Å². The first kappa shape index (κ1) is 24.0.